The lowest BCUT2D eigenvalue weighted by molar-refractivity contribution is -0.119. The Labute approximate surface area is 350 Å². The van der Waals surface area contributed by atoms with Gasteiger partial charge in [-0.25, -0.2) is 19.9 Å². The molecule has 6 N–H and O–H groups in total. The number of nitrogen functional groups attached to an aromatic ring is 1. The van der Waals surface area contributed by atoms with Crippen LogP contribution in [0.15, 0.2) is 85.7 Å². The van der Waals surface area contributed by atoms with E-state index in [1.165, 1.54) is 6.20 Å². The molecule has 0 bridgehead atoms. The number of rotatable bonds is 12. The molecule has 2 atom stereocenters. The second-order valence-electron chi connectivity index (χ2n) is 12.8. The minimum Gasteiger partial charge on any atom is -0.396 e. The van der Waals surface area contributed by atoms with E-state index in [9.17, 15) is 9.59 Å². The van der Waals surface area contributed by atoms with Crippen LogP contribution in [0.1, 0.15) is 85.6 Å². The summed E-state index contributed by atoms with van der Waals surface area (Å²) in [6, 6.07) is 15.6. The third-order valence-corrected chi connectivity index (χ3v) is 9.47. The lowest BCUT2D eigenvalue weighted by atomic mass is 9.92. The summed E-state index contributed by atoms with van der Waals surface area (Å²) in [5, 5.41) is 9.18. The highest BCUT2D eigenvalue weighted by atomic mass is 35.5. The van der Waals surface area contributed by atoms with Crippen molar-refractivity contribution in [1.82, 2.24) is 39.5 Å². The van der Waals surface area contributed by atoms with Crippen LogP contribution in [0.4, 0.5) is 5.69 Å². The van der Waals surface area contributed by atoms with E-state index in [0.29, 0.717) is 52.9 Å². The smallest absolute Gasteiger partial charge is 0.224 e. The predicted molar refractivity (Wildman–Crippen MR) is 229 cm³/mol. The molecule has 57 heavy (non-hydrogen) atoms. The van der Waals surface area contributed by atoms with Gasteiger partial charge in [-0.1, -0.05) is 86.6 Å². The molecule has 0 spiro atoms. The number of hydrogen-bond acceptors (Lipinski definition) is 9. The summed E-state index contributed by atoms with van der Waals surface area (Å²) < 4.78 is 3.42. The number of primary amides is 2. The maximum Gasteiger partial charge on any atom is 0.224 e. The van der Waals surface area contributed by atoms with Crippen molar-refractivity contribution in [2.75, 3.05) is 5.73 Å². The van der Waals surface area contributed by atoms with Gasteiger partial charge in [-0.05, 0) is 78.9 Å². The van der Waals surface area contributed by atoms with E-state index in [1.807, 2.05) is 75.7 Å². The highest BCUT2D eigenvalue weighted by Crippen LogP contribution is 2.24. The predicted octanol–water partition coefficient (Wildman–Crippen LogP) is 7.26. The van der Waals surface area contributed by atoms with E-state index in [-0.39, 0.29) is 43.8 Å². The lowest BCUT2D eigenvalue weighted by Crippen LogP contribution is -2.20. The molecule has 0 fully saturated rings. The summed E-state index contributed by atoms with van der Waals surface area (Å²) in [7, 11) is 3.71. The largest absolute Gasteiger partial charge is 0.396 e. The number of anilines is 1. The van der Waals surface area contributed by atoms with Crippen LogP contribution in [0.25, 0.3) is 0 Å². The summed E-state index contributed by atoms with van der Waals surface area (Å²) in [4.78, 5) is 39.9. The van der Waals surface area contributed by atoms with Crippen LogP contribution < -0.4 is 17.2 Å². The molecule has 2 unspecified atom stereocenters. The first-order chi connectivity index (χ1) is 26.2. The fourth-order valence-electron chi connectivity index (χ4n) is 5.62. The Morgan fingerprint density at radius 1 is 0.667 bits per heavy atom. The van der Waals surface area contributed by atoms with Crippen LogP contribution >= 0.6 is 34.8 Å². The van der Waals surface area contributed by atoms with Gasteiger partial charge in [0.1, 0.15) is 5.82 Å². The number of hydrogen-bond donors (Lipinski definition) is 3. The van der Waals surface area contributed by atoms with E-state index in [4.69, 9.17) is 52.0 Å². The number of benzene rings is 2. The van der Waals surface area contributed by atoms with E-state index in [1.54, 1.807) is 41.1 Å². The third-order valence-electron chi connectivity index (χ3n) is 8.66. The molecule has 304 valence electrons. The molecule has 6 rings (SSSR count). The molecule has 0 saturated heterocycles. The number of aromatic nitrogens is 8. The Morgan fingerprint density at radius 3 is 1.58 bits per heavy atom. The molecule has 6 aromatic rings. The Bertz CT molecular complexity index is 2190. The molecule has 0 aliphatic carbocycles. The first kappa shape index (κ1) is 47.8. The first-order valence-electron chi connectivity index (χ1n) is 17.3. The fourth-order valence-corrected chi connectivity index (χ4v) is 6.15. The molecule has 13 nitrogen and oxygen atoms in total. The van der Waals surface area contributed by atoms with Gasteiger partial charge in [0, 0.05) is 39.1 Å². The monoisotopic (exact) mass is 835 g/mol. The van der Waals surface area contributed by atoms with Crippen LogP contribution in [-0.2, 0) is 55.8 Å². The molecule has 0 aliphatic heterocycles. The Kier molecular flexibility index (Phi) is 19.3. The number of nitrogens with two attached hydrogens (primary N) is 3. The quantitative estimate of drug-likeness (QED) is 0.106. The maximum absolute atomic E-state index is 11.6. The van der Waals surface area contributed by atoms with Gasteiger partial charge in [0.25, 0.3) is 0 Å². The standard InChI is InChI=1S/C20H22ClN5O.C15H15Cl2N3O.C4H7N3.2CH4/c1-13(20(22)27)16-6-4-3-5-15(16)7-8-18-17(21)11-23-19(25-18)9-14-10-24-26(2)12-14;1-9(14(18)21)11-5-3-2-4-10(11)6-7-13-12(16)8-19-15(17)20-13;1-7-3-4(5)2-6-7;;/h3-6,10-13H,7-9H2,1-2H3,(H2,22,27);2-5,8-9H,6-7H2,1H3,(H2,18,21);2-3H,5H2,1H3;2*1H4. The van der Waals surface area contributed by atoms with Crippen LogP contribution in [-0.4, -0.2) is 51.3 Å². The fraction of sp³-hybridized carbons (Fsp3) is 0.317. The van der Waals surface area contributed by atoms with Crippen molar-refractivity contribution in [3.63, 3.8) is 0 Å². The highest BCUT2D eigenvalue weighted by molar-refractivity contribution is 6.32. The highest BCUT2D eigenvalue weighted by Gasteiger charge is 2.17. The van der Waals surface area contributed by atoms with Crippen molar-refractivity contribution in [3.8, 4) is 0 Å². The average molecular weight is 837 g/mol. The van der Waals surface area contributed by atoms with E-state index < -0.39 is 0 Å². The van der Waals surface area contributed by atoms with Crippen molar-refractivity contribution in [1.29, 1.82) is 0 Å². The molecule has 4 aromatic heterocycles. The Morgan fingerprint density at radius 2 is 1.14 bits per heavy atom. The van der Waals surface area contributed by atoms with E-state index in [2.05, 4.69) is 30.1 Å². The summed E-state index contributed by atoms with van der Waals surface area (Å²) >= 11 is 18.1. The molecule has 0 aliphatic rings. The molecular formula is C41H52Cl3N11O2. The molecule has 0 radical (unpaired) electrons. The molecule has 16 heteroatoms. The number of halogens is 3. The number of aryl methyl sites for hydroxylation is 6. The lowest BCUT2D eigenvalue weighted by Gasteiger charge is -2.14. The number of carbonyl (C=O) groups excluding carboxylic acids is 2. The minimum absolute atomic E-state index is 0. The van der Waals surface area contributed by atoms with Gasteiger partial charge in [0.15, 0.2) is 0 Å². The first-order valence-corrected chi connectivity index (χ1v) is 18.5. The number of amides is 2. The molecule has 0 saturated carbocycles. The normalized spacial score (nSPS) is 11.4. The maximum atomic E-state index is 11.6. The SMILES string of the molecule is C.C.CC(C(N)=O)c1ccccc1CCc1nc(Cc2cnn(C)c2)ncc1Cl.CC(C(N)=O)c1ccccc1CCc1nc(Cl)ncc1Cl.Cn1cc(N)cn1. The van der Waals surface area contributed by atoms with E-state index >= 15 is 0 Å². The second kappa shape index (κ2) is 23.0. The summed E-state index contributed by atoms with van der Waals surface area (Å²) in [6.45, 7) is 3.63. The van der Waals surface area contributed by atoms with Gasteiger partial charge < -0.3 is 17.2 Å². The molecular weight excluding hydrogens is 785 g/mol. The van der Waals surface area contributed by atoms with Crippen molar-refractivity contribution >= 4 is 52.3 Å². The van der Waals surface area contributed by atoms with Crippen LogP contribution in [0, 0.1) is 0 Å². The zero-order valence-corrected chi connectivity index (χ0v) is 33.3. The Hall–Kier alpha value is -5.37. The minimum atomic E-state index is -0.342. The van der Waals surface area contributed by atoms with Crippen molar-refractivity contribution in [3.05, 3.63) is 146 Å². The van der Waals surface area contributed by atoms with Crippen LogP contribution in [0.3, 0.4) is 0 Å². The number of nitrogens with zero attached hydrogens (tertiary/aromatic N) is 8. The second-order valence-corrected chi connectivity index (χ2v) is 14.0. The van der Waals surface area contributed by atoms with Crippen molar-refractivity contribution in [2.45, 2.75) is 72.6 Å². The summed E-state index contributed by atoms with van der Waals surface area (Å²) in [5.74, 6) is -0.623. The van der Waals surface area contributed by atoms with Crippen LogP contribution in [0.5, 0.6) is 0 Å². The molecule has 2 aromatic carbocycles. The van der Waals surface area contributed by atoms with Gasteiger partial charge in [-0.3, -0.25) is 19.0 Å². The van der Waals surface area contributed by atoms with Crippen molar-refractivity contribution < 1.29 is 9.59 Å². The van der Waals surface area contributed by atoms with Gasteiger partial charge in [-0.2, -0.15) is 10.2 Å². The third kappa shape index (κ3) is 14.6. The average Bonchev–Trinajstić information content (AvgIpc) is 3.77. The van der Waals surface area contributed by atoms with Gasteiger partial charge in [-0.15, -0.1) is 0 Å². The summed E-state index contributed by atoms with van der Waals surface area (Å²) in [5.41, 5.74) is 23.4. The topological polar surface area (TPSA) is 199 Å². The van der Waals surface area contributed by atoms with Gasteiger partial charge in [0.2, 0.25) is 17.1 Å². The van der Waals surface area contributed by atoms with E-state index in [0.717, 1.165) is 39.9 Å². The zero-order chi connectivity index (χ0) is 40.1. The summed E-state index contributed by atoms with van der Waals surface area (Å²) in [6.07, 6.45) is 13.5. The zero-order valence-electron chi connectivity index (χ0n) is 31.0. The van der Waals surface area contributed by atoms with Crippen molar-refractivity contribution in [2.24, 2.45) is 25.6 Å². The number of carbonyl (C=O) groups is 2. The molecule has 2 amide bonds. The van der Waals surface area contributed by atoms with Gasteiger partial charge in [0.05, 0.1) is 57.5 Å². The Balaban J connectivity index is 0.000000332. The molecule has 4 heterocycles. The van der Waals surface area contributed by atoms with Crippen LogP contribution in [0.2, 0.25) is 15.3 Å². The van der Waals surface area contributed by atoms with Gasteiger partial charge >= 0.3 is 0 Å².